The Hall–Kier alpha value is -2.37. The molecule has 3 aliphatic rings. The van der Waals surface area contributed by atoms with Crippen LogP contribution in [0.5, 0.6) is 0 Å². The zero-order valence-corrected chi connectivity index (χ0v) is 22.5. The maximum absolute atomic E-state index is 13.5. The van der Waals surface area contributed by atoms with Crippen molar-refractivity contribution in [2.24, 2.45) is 11.3 Å². The standard InChI is InChI=1S/C30H38ClN3O2/c1-20(2)18-33-14-11-30(12-15-33)13-16-34(19-30)29(36)23-8-7-22-9-10-26(24(22)17-23)32-28(35)27-21(3)5-4-6-25(27)31/h4-8,17,20,26H,9-16,18-19H2,1-3H3,(H,32,35). The number of piperidine rings is 1. The molecule has 1 atom stereocenters. The molecule has 0 radical (unpaired) electrons. The molecule has 192 valence electrons. The molecule has 2 aromatic carbocycles. The molecular formula is C30H38ClN3O2. The van der Waals surface area contributed by atoms with E-state index in [2.05, 4.69) is 35.0 Å². The van der Waals surface area contributed by atoms with Gasteiger partial charge in [-0.1, -0.05) is 43.6 Å². The number of carbonyl (C=O) groups excluding carboxylic acids is 2. The van der Waals surface area contributed by atoms with Gasteiger partial charge in [-0.2, -0.15) is 0 Å². The summed E-state index contributed by atoms with van der Waals surface area (Å²) in [6.07, 6.45) is 5.21. The molecule has 36 heavy (non-hydrogen) atoms. The molecule has 1 spiro atoms. The van der Waals surface area contributed by atoms with Crippen molar-refractivity contribution in [2.45, 2.75) is 58.9 Å². The van der Waals surface area contributed by atoms with Crippen molar-refractivity contribution < 1.29 is 9.59 Å². The molecule has 2 saturated heterocycles. The molecule has 5 rings (SSSR count). The highest BCUT2D eigenvalue weighted by molar-refractivity contribution is 6.34. The van der Waals surface area contributed by atoms with Crippen LogP contribution < -0.4 is 5.32 Å². The van der Waals surface area contributed by atoms with Gasteiger partial charge in [0.1, 0.15) is 0 Å². The predicted octanol–water partition coefficient (Wildman–Crippen LogP) is 5.65. The zero-order valence-electron chi connectivity index (χ0n) is 21.8. The van der Waals surface area contributed by atoms with E-state index in [1.165, 1.54) is 24.9 Å². The Morgan fingerprint density at radius 2 is 1.86 bits per heavy atom. The van der Waals surface area contributed by atoms with Crippen molar-refractivity contribution >= 4 is 23.4 Å². The van der Waals surface area contributed by atoms with Gasteiger partial charge in [-0.3, -0.25) is 9.59 Å². The van der Waals surface area contributed by atoms with Crippen molar-refractivity contribution in [3.63, 3.8) is 0 Å². The Morgan fingerprint density at radius 1 is 1.11 bits per heavy atom. The minimum absolute atomic E-state index is 0.105. The summed E-state index contributed by atoms with van der Waals surface area (Å²) in [6, 6.07) is 11.5. The number of likely N-dealkylation sites (tertiary alicyclic amines) is 2. The van der Waals surface area contributed by atoms with Crippen LogP contribution >= 0.6 is 11.6 Å². The van der Waals surface area contributed by atoms with Crippen LogP contribution in [0, 0.1) is 18.3 Å². The Bertz CT molecular complexity index is 1130. The summed E-state index contributed by atoms with van der Waals surface area (Å²) in [5.41, 5.74) is 4.68. The number of aryl methyl sites for hydroxylation is 2. The predicted molar refractivity (Wildman–Crippen MR) is 145 cm³/mol. The molecule has 5 nitrogen and oxygen atoms in total. The van der Waals surface area contributed by atoms with Crippen LogP contribution in [-0.2, 0) is 6.42 Å². The van der Waals surface area contributed by atoms with Gasteiger partial charge in [0.05, 0.1) is 16.6 Å². The first kappa shape index (κ1) is 25.3. The number of nitrogens with one attached hydrogen (secondary N) is 1. The Kier molecular flexibility index (Phi) is 7.15. The third-order valence-corrected chi connectivity index (χ3v) is 8.81. The maximum atomic E-state index is 13.5. The van der Waals surface area contributed by atoms with Gasteiger partial charge in [-0.25, -0.2) is 0 Å². The Morgan fingerprint density at radius 3 is 2.58 bits per heavy atom. The molecule has 1 unspecified atom stereocenters. The topological polar surface area (TPSA) is 52.7 Å². The SMILES string of the molecule is Cc1cccc(Cl)c1C(=O)NC1CCc2ccc(C(=O)N3CCC4(CCN(CC(C)C)CC4)C3)cc21. The minimum Gasteiger partial charge on any atom is -0.345 e. The molecule has 0 bridgehead atoms. The van der Waals surface area contributed by atoms with Gasteiger partial charge in [0, 0.05) is 25.2 Å². The summed E-state index contributed by atoms with van der Waals surface area (Å²) < 4.78 is 0. The second-order valence-electron chi connectivity index (χ2n) is 11.6. The second kappa shape index (κ2) is 10.2. The zero-order chi connectivity index (χ0) is 25.4. The van der Waals surface area contributed by atoms with Gasteiger partial charge in [0.2, 0.25) is 0 Å². The molecule has 0 saturated carbocycles. The molecule has 2 heterocycles. The fourth-order valence-corrected chi connectivity index (χ4v) is 6.77. The van der Waals surface area contributed by atoms with Crippen LogP contribution in [-0.4, -0.2) is 54.3 Å². The van der Waals surface area contributed by atoms with Crippen LogP contribution in [0.15, 0.2) is 36.4 Å². The number of fused-ring (bicyclic) bond motifs is 1. The van der Waals surface area contributed by atoms with Gasteiger partial charge < -0.3 is 15.1 Å². The van der Waals surface area contributed by atoms with Crippen molar-refractivity contribution in [2.75, 3.05) is 32.7 Å². The van der Waals surface area contributed by atoms with E-state index >= 15 is 0 Å². The highest BCUT2D eigenvalue weighted by atomic mass is 35.5. The number of hydrogen-bond donors (Lipinski definition) is 1. The number of amides is 2. The lowest BCUT2D eigenvalue weighted by Gasteiger charge is -2.39. The average molecular weight is 508 g/mol. The van der Waals surface area contributed by atoms with E-state index in [0.717, 1.165) is 62.1 Å². The average Bonchev–Trinajstić information content (AvgIpc) is 3.44. The van der Waals surface area contributed by atoms with E-state index in [0.29, 0.717) is 16.5 Å². The highest BCUT2D eigenvalue weighted by Gasteiger charge is 2.42. The molecule has 1 N–H and O–H groups in total. The van der Waals surface area contributed by atoms with Crippen LogP contribution in [0.3, 0.4) is 0 Å². The van der Waals surface area contributed by atoms with E-state index in [1.807, 2.05) is 31.2 Å². The Labute approximate surface area is 220 Å². The van der Waals surface area contributed by atoms with Crippen molar-refractivity contribution in [3.05, 3.63) is 69.2 Å². The fraction of sp³-hybridized carbons (Fsp3) is 0.533. The van der Waals surface area contributed by atoms with Crippen molar-refractivity contribution in [1.82, 2.24) is 15.1 Å². The normalized spacial score (nSPS) is 21.2. The lowest BCUT2D eigenvalue weighted by molar-refractivity contribution is 0.0709. The smallest absolute Gasteiger partial charge is 0.253 e. The third-order valence-electron chi connectivity index (χ3n) is 8.49. The molecule has 2 aliphatic heterocycles. The molecular weight excluding hydrogens is 470 g/mol. The second-order valence-corrected chi connectivity index (χ2v) is 12.0. The van der Waals surface area contributed by atoms with E-state index in [-0.39, 0.29) is 23.3 Å². The first-order valence-corrected chi connectivity index (χ1v) is 13.8. The summed E-state index contributed by atoms with van der Waals surface area (Å²) in [5, 5.41) is 3.65. The number of halogens is 1. The van der Waals surface area contributed by atoms with Gasteiger partial charge in [-0.05, 0) is 98.3 Å². The molecule has 2 fully saturated rings. The number of hydrogen-bond acceptors (Lipinski definition) is 3. The summed E-state index contributed by atoms with van der Waals surface area (Å²) in [4.78, 5) is 31.2. The van der Waals surface area contributed by atoms with Crippen molar-refractivity contribution in [1.29, 1.82) is 0 Å². The molecule has 6 heteroatoms. The van der Waals surface area contributed by atoms with E-state index in [4.69, 9.17) is 11.6 Å². The van der Waals surface area contributed by atoms with Gasteiger partial charge >= 0.3 is 0 Å². The van der Waals surface area contributed by atoms with Gasteiger partial charge in [0.15, 0.2) is 0 Å². The number of benzene rings is 2. The highest BCUT2D eigenvalue weighted by Crippen LogP contribution is 2.41. The molecule has 2 amide bonds. The van der Waals surface area contributed by atoms with E-state index in [1.54, 1.807) is 6.07 Å². The first-order valence-electron chi connectivity index (χ1n) is 13.5. The largest absolute Gasteiger partial charge is 0.345 e. The summed E-state index contributed by atoms with van der Waals surface area (Å²) >= 11 is 6.33. The van der Waals surface area contributed by atoms with Crippen LogP contribution in [0.25, 0.3) is 0 Å². The Balaban J connectivity index is 1.26. The number of nitrogens with zero attached hydrogens (tertiary/aromatic N) is 2. The quantitative estimate of drug-likeness (QED) is 0.569. The third kappa shape index (κ3) is 5.05. The van der Waals surface area contributed by atoms with Gasteiger partial charge in [0.25, 0.3) is 11.8 Å². The minimum atomic E-state index is -0.155. The summed E-state index contributed by atoms with van der Waals surface area (Å²) in [5.74, 6) is 0.666. The van der Waals surface area contributed by atoms with Gasteiger partial charge in [-0.15, -0.1) is 0 Å². The monoisotopic (exact) mass is 507 g/mol. The van der Waals surface area contributed by atoms with E-state index < -0.39 is 0 Å². The lowest BCUT2D eigenvalue weighted by Crippen LogP contribution is -2.43. The molecule has 2 aromatic rings. The van der Waals surface area contributed by atoms with Crippen LogP contribution in [0.1, 0.15) is 83.0 Å². The summed E-state index contributed by atoms with van der Waals surface area (Å²) in [7, 11) is 0. The number of carbonyl (C=O) groups is 2. The lowest BCUT2D eigenvalue weighted by atomic mass is 9.77. The summed E-state index contributed by atoms with van der Waals surface area (Å²) in [6.45, 7) is 11.6. The van der Waals surface area contributed by atoms with Crippen LogP contribution in [0.4, 0.5) is 0 Å². The number of rotatable bonds is 5. The molecule has 0 aromatic heterocycles. The fourth-order valence-electron chi connectivity index (χ4n) is 6.46. The molecule has 1 aliphatic carbocycles. The maximum Gasteiger partial charge on any atom is 0.253 e. The van der Waals surface area contributed by atoms with E-state index in [9.17, 15) is 9.59 Å². The van der Waals surface area contributed by atoms with Crippen LogP contribution in [0.2, 0.25) is 5.02 Å². The first-order chi connectivity index (χ1) is 17.2. The van der Waals surface area contributed by atoms with Crippen molar-refractivity contribution in [3.8, 4) is 0 Å².